The normalized spacial score (nSPS) is 11.3. The number of nitrogens with one attached hydrogen (secondary N) is 1. The van der Waals surface area contributed by atoms with E-state index in [1.54, 1.807) is 17.7 Å². The Balaban J connectivity index is 2.03. The molecule has 0 aliphatic heterocycles. The van der Waals surface area contributed by atoms with E-state index in [2.05, 4.69) is 41.6 Å². The number of aryl methyl sites for hydroxylation is 1. The first kappa shape index (κ1) is 16.3. The van der Waals surface area contributed by atoms with E-state index in [0.717, 1.165) is 5.56 Å². The van der Waals surface area contributed by atoms with Crippen LogP contribution in [0.1, 0.15) is 36.7 Å². The molecule has 0 aliphatic rings. The molecule has 116 valence electrons. The van der Waals surface area contributed by atoms with Crippen molar-refractivity contribution >= 4 is 23.7 Å². The average molecular weight is 316 g/mol. The van der Waals surface area contributed by atoms with Gasteiger partial charge in [0, 0.05) is 6.08 Å². The van der Waals surface area contributed by atoms with Gasteiger partial charge < -0.3 is 0 Å². The highest BCUT2D eigenvalue weighted by Gasteiger charge is 2.08. The van der Waals surface area contributed by atoms with Gasteiger partial charge in [0.2, 0.25) is 5.16 Å². The third-order valence-corrected chi connectivity index (χ3v) is 3.86. The van der Waals surface area contributed by atoms with Crippen LogP contribution in [0.25, 0.3) is 6.08 Å². The highest BCUT2D eigenvalue weighted by molar-refractivity contribution is 7.98. The maximum atomic E-state index is 12.0. The molecule has 22 heavy (non-hydrogen) atoms. The Morgan fingerprint density at radius 3 is 2.55 bits per heavy atom. The maximum Gasteiger partial charge on any atom is 0.262 e. The Morgan fingerprint density at radius 2 is 1.95 bits per heavy atom. The summed E-state index contributed by atoms with van der Waals surface area (Å²) in [5, 5.41) is 8.56. The number of carbonyl (C=O) groups is 1. The van der Waals surface area contributed by atoms with E-state index in [0.29, 0.717) is 16.9 Å². The molecule has 2 aromatic rings. The van der Waals surface area contributed by atoms with Crippen LogP contribution in [0.4, 0.5) is 0 Å². The molecule has 5 nitrogen and oxygen atoms in total. The molecule has 0 spiro atoms. The number of thioether (sulfide) groups is 1. The van der Waals surface area contributed by atoms with Crippen molar-refractivity contribution in [2.45, 2.75) is 31.8 Å². The first-order valence-electron chi connectivity index (χ1n) is 7.06. The molecule has 2 rings (SSSR count). The summed E-state index contributed by atoms with van der Waals surface area (Å²) in [6.45, 7) is 6.10. The van der Waals surface area contributed by atoms with Crippen LogP contribution in [0.15, 0.2) is 35.5 Å². The van der Waals surface area contributed by atoms with Gasteiger partial charge in [-0.05, 0) is 36.3 Å². The molecule has 1 N–H and O–H groups in total. The zero-order valence-electron chi connectivity index (χ0n) is 13.2. The highest BCUT2D eigenvalue weighted by atomic mass is 32.2. The van der Waals surface area contributed by atoms with Crippen molar-refractivity contribution in [3.8, 4) is 0 Å². The molecule has 0 radical (unpaired) electrons. The molecule has 1 heterocycles. The van der Waals surface area contributed by atoms with Crippen molar-refractivity contribution in [3.05, 3.63) is 47.3 Å². The first-order chi connectivity index (χ1) is 10.5. The van der Waals surface area contributed by atoms with Crippen LogP contribution >= 0.6 is 11.8 Å². The highest BCUT2D eigenvalue weighted by Crippen LogP contribution is 2.15. The predicted octanol–water partition coefficient (Wildman–Crippen LogP) is 3.22. The number of rotatable bonds is 5. The lowest BCUT2D eigenvalue weighted by molar-refractivity contribution is -0.112. The van der Waals surface area contributed by atoms with Crippen LogP contribution in [0.5, 0.6) is 0 Å². The van der Waals surface area contributed by atoms with Gasteiger partial charge in [0.1, 0.15) is 5.82 Å². The van der Waals surface area contributed by atoms with Gasteiger partial charge in [-0.1, -0.05) is 49.9 Å². The fourth-order valence-corrected chi connectivity index (χ4v) is 2.40. The van der Waals surface area contributed by atoms with Crippen molar-refractivity contribution in [3.63, 3.8) is 0 Å². The summed E-state index contributed by atoms with van der Waals surface area (Å²) in [5.41, 5.74) is 5.03. The van der Waals surface area contributed by atoms with Crippen LogP contribution in [0, 0.1) is 6.92 Å². The number of benzene rings is 1. The third-order valence-electron chi connectivity index (χ3n) is 3.23. The largest absolute Gasteiger partial charge is 0.268 e. The monoisotopic (exact) mass is 316 g/mol. The predicted molar refractivity (Wildman–Crippen MR) is 90.5 cm³/mol. The summed E-state index contributed by atoms with van der Waals surface area (Å²) in [7, 11) is 0. The minimum Gasteiger partial charge on any atom is -0.268 e. The van der Waals surface area contributed by atoms with Gasteiger partial charge in [-0.2, -0.15) is 0 Å². The molecule has 0 saturated heterocycles. The molecular weight excluding hydrogens is 296 g/mol. The average Bonchev–Trinajstić information content (AvgIpc) is 2.86. The number of hydrogen-bond acceptors (Lipinski definition) is 4. The van der Waals surface area contributed by atoms with E-state index in [-0.39, 0.29) is 5.91 Å². The SMILES string of the molecule is CSc1nnc(C)n1NC(=O)/C=C/c1ccc(C(C)C)cc1. The van der Waals surface area contributed by atoms with Gasteiger partial charge in [0.25, 0.3) is 5.91 Å². The number of amides is 1. The lowest BCUT2D eigenvalue weighted by atomic mass is 10.0. The summed E-state index contributed by atoms with van der Waals surface area (Å²) < 4.78 is 1.58. The second kappa shape index (κ2) is 7.26. The summed E-state index contributed by atoms with van der Waals surface area (Å²) >= 11 is 1.43. The van der Waals surface area contributed by atoms with E-state index in [1.807, 2.05) is 18.4 Å². The van der Waals surface area contributed by atoms with Gasteiger partial charge in [0.15, 0.2) is 0 Å². The maximum absolute atomic E-state index is 12.0. The number of hydrogen-bond donors (Lipinski definition) is 1. The Kier molecular flexibility index (Phi) is 5.38. The lowest BCUT2D eigenvalue weighted by Gasteiger charge is -2.07. The van der Waals surface area contributed by atoms with Crippen molar-refractivity contribution in [2.24, 2.45) is 0 Å². The van der Waals surface area contributed by atoms with E-state index in [4.69, 9.17) is 0 Å². The minimum absolute atomic E-state index is 0.217. The van der Waals surface area contributed by atoms with Crippen LogP contribution in [-0.4, -0.2) is 27.0 Å². The lowest BCUT2D eigenvalue weighted by Crippen LogP contribution is -2.22. The van der Waals surface area contributed by atoms with Gasteiger partial charge in [-0.25, -0.2) is 4.68 Å². The molecular formula is C16H20N4OS. The smallest absolute Gasteiger partial charge is 0.262 e. The van der Waals surface area contributed by atoms with Crippen LogP contribution < -0.4 is 5.43 Å². The minimum atomic E-state index is -0.217. The Labute approximate surface area is 134 Å². The molecule has 0 bridgehead atoms. The second-order valence-corrected chi connectivity index (χ2v) is 5.97. The van der Waals surface area contributed by atoms with Crippen molar-refractivity contribution in [2.75, 3.05) is 11.7 Å². The Hall–Kier alpha value is -2.08. The summed E-state index contributed by atoms with van der Waals surface area (Å²) in [6, 6.07) is 8.18. The fourth-order valence-electron chi connectivity index (χ4n) is 1.92. The van der Waals surface area contributed by atoms with Crippen LogP contribution in [0.3, 0.4) is 0 Å². The third kappa shape index (κ3) is 3.98. The molecule has 1 aromatic heterocycles. The molecule has 1 aromatic carbocycles. The van der Waals surface area contributed by atoms with Crippen LogP contribution in [0.2, 0.25) is 0 Å². The standard InChI is InChI=1S/C16H20N4OS/c1-11(2)14-8-5-13(6-9-14)7-10-15(21)19-20-12(3)17-18-16(20)22-4/h5-11H,1-4H3,(H,19,21)/b10-7+. The van der Waals surface area contributed by atoms with E-state index < -0.39 is 0 Å². The van der Waals surface area contributed by atoms with E-state index in [1.165, 1.54) is 23.4 Å². The Morgan fingerprint density at radius 1 is 1.27 bits per heavy atom. The van der Waals surface area contributed by atoms with Gasteiger partial charge in [-0.3, -0.25) is 10.2 Å². The van der Waals surface area contributed by atoms with Crippen molar-refractivity contribution in [1.82, 2.24) is 14.9 Å². The summed E-state index contributed by atoms with van der Waals surface area (Å²) in [5.74, 6) is 0.932. The quantitative estimate of drug-likeness (QED) is 0.679. The zero-order chi connectivity index (χ0) is 16.1. The van der Waals surface area contributed by atoms with E-state index in [9.17, 15) is 4.79 Å². The fraction of sp³-hybridized carbons (Fsp3) is 0.312. The molecule has 0 aliphatic carbocycles. The summed E-state index contributed by atoms with van der Waals surface area (Å²) in [6.07, 6.45) is 5.18. The number of aromatic nitrogens is 3. The number of carbonyl (C=O) groups excluding carboxylic acids is 1. The number of nitrogens with zero attached hydrogens (tertiary/aromatic N) is 3. The van der Waals surface area contributed by atoms with Gasteiger partial charge in [-0.15, -0.1) is 10.2 Å². The molecule has 0 fully saturated rings. The van der Waals surface area contributed by atoms with E-state index >= 15 is 0 Å². The van der Waals surface area contributed by atoms with Crippen molar-refractivity contribution < 1.29 is 4.79 Å². The summed E-state index contributed by atoms with van der Waals surface area (Å²) in [4.78, 5) is 12.0. The van der Waals surface area contributed by atoms with Gasteiger partial charge in [0.05, 0.1) is 0 Å². The topological polar surface area (TPSA) is 59.8 Å². The van der Waals surface area contributed by atoms with Crippen LogP contribution in [-0.2, 0) is 4.79 Å². The molecule has 6 heteroatoms. The molecule has 0 atom stereocenters. The molecule has 0 saturated carbocycles. The Bertz CT molecular complexity index is 674. The molecule has 0 unspecified atom stereocenters. The van der Waals surface area contributed by atoms with Crippen molar-refractivity contribution in [1.29, 1.82) is 0 Å². The molecule has 1 amide bonds. The zero-order valence-corrected chi connectivity index (χ0v) is 14.0. The second-order valence-electron chi connectivity index (χ2n) is 5.20. The van der Waals surface area contributed by atoms with Gasteiger partial charge >= 0.3 is 0 Å². The first-order valence-corrected chi connectivity index (χ1v) is 8.28.